The maximum atomic E-state index is 13.2. The topological polar surface area (TPSA) is 139 Å². The Kier molecular flexibility index (Phi) is 8.25. The fraction of sp³-hybridized carbons (Fsp3) is 0.364. The van der Waals surface area contributed by atoms with Crippen molar-refractivity contribution in [1.29, 1.82) is 0 Å². The van der Waals surface area contributed by atoms with Crippen LogP contribution in [0.5, 0.6) is 0 Å². The second-order valence-corrected chi connectivity index (χ2v) is 10.2. The van der Waals surface area contributed by atoms with Gasteiger partial charge in [0.2, 0.25) is 7.37 Å². The zero-order valence-electron chi connectivity index (χ0n) is 17.8. The average molecular weight is 448 g/mol. The smallest absolute Gasteiger partial charge is 0.408 e. The molecule has 3 unspecified atom stereocenters. The molecule has 0 aliphatic carbocycles. The molecule has 0 aliphatic heterocycles. The summed E-state index contributed by atoms with van der Waals surface area (Å²) in [5, 5.41) is 12.2. The molecule has 0 aliphatic rings. The quantitative estimate of drug-likeness (QED) is 0.337. The van der Waals surface area contributed by atoms with Crippen molar-refractivity contribution in [3.63, 3.8) is 0 Å². The lowest BCUT2D eigenvalue weighted by Crippen LogP contribution is -2.40. The van der Waals surface area contributed by atoms with Crippen molar-refractivity contribution < 1.29 is 28.9 Å². The van der Waals surface area contributed by atoms with E-state index in [4.69, 9.17) is 10.5 Å². The van der Waals surface area contributed by atoms with Crippen LogP contribution in [0.1, 0.15) is 36.5 Å². The number of nitrogens with two attached hydrogens (primary N) is 1. The molecule has 2 aromatic carbocycles. The first-order valence-electron chi connectivity index (χ1n) is 9.89. The number of benzene rings is 2. The van der Waals surface area contributed by atoms with Gasteiger partial charge in [0.15, 0.2) is 0 Å². The molecule has 0 saturated carbocycles. The van der Waals surface area contributed by atoms with Crippen molar-refractivity contribution in [2.75, 3.05) is 11.9 Å². The van der Waals surface area contributed by atoms with Crippen LogP contribution in [0.4, 0.5) is 10.5 Å². The standard InChI is InChI=1S/C22H29N2O6P/c1-14(2)20(24-22(27)30-12-16-8-5-4-6-9-16)31(28,29)13-18(21(25)26)17-10-7-11-19(23)15(17)3/h4-11,14,18,20H,12-13,23H2,1-3H3,(H,24,27)(H,25,26)(H,28,29). The summed E-state index contributed by atoms with van der Waals surface area (Å²) in [5.41, 5.74) is 7.97. The van der Waals surface area contributed by atoms with Gasteiger partial charge in [-0.05, 0) is 35.6 Å². The number of nitrogens with one attached hydrogen (secondary N) is 1. The zero-order valence-corrected chi connectivity index (χ0v) is 18.7. The van der Waals surface area contributed by atoms with Crippen molar-refractivity contribution in [1.82, 2.24) is 5.32 Å². The molecule has 1 amide bonds. The van der Waals surface area contributed by atoms with Gasteiger partial charge in [0.05, 0.1) is 5.92 Å². The molecule has 31 heavy (non-hydrogen) atoms. The van der Waals surface area contributed by atoms with E-state index in [0.717, 1.165) is 5.56 Å². The monoisotopic (exact) mass is 448 g/mol. The van der Waals surface area contributed by atoms with Gasteiger partial charge < -0.3 is 25.8 Å². The fourth-order valence-corrected chi connectivity index (χ4v) is 5.70. The summed E-state index contributed by atoms with van der Waals surface area (Å²) in [5.74, 6) is -4.09. The minimum absolute atomic E-state index is 0.00740. The Morgan fingerprint density at radius 1 is 1.13 bits per heavy atom. The largest absolute Gasteiger partial charge is 0.481 e. The third kappa shape index (κ3) is 6.57. The van der Waals surface area contributed by atoms with Crippen molar-refractivity contribution in [2.24, 2.45) is 5.92 Å². The molecule has 9 heteroatoms. The Balaban J connectivity index is 2.17. The van der Waals surface area contributed by atoms with Crippen LogP contribution in [-0.4, -0.2) is 34.0 Å². The first kappa shape index (κ1) is 24.4. The van der Waals surface area contributed by atoms with Crippen molar-refractivity contribution >= 4 is 25.1 Å². The highest BCUT2D eigenvalue weighted by Gasteiger charge is 2.40. The van der Waals surface area contributed by atoms with E-state index in [9.17, 15) is 24.2 Å². The van der Waals surface area contributed by atoms with E-state index >= 15 is 0 Å². The van der Waals surface area contributed by atoms with Crippen LogP contribution < -0.4 is 11.1 Å². The number of carbonyl (C=O) groups is 2. The first-order chi connectivity index (χ1) is 14.5. The summed E-state index contributed by atoms with van der Waals surface area (Å²) in [7, 11) is -4.15. The number of ether oxygens (including phenoxy) is 1. The van der Waals surface area contributed by atoms with E-state index in [-0.39, 0.29) is 6.61 Å². The molecule has 0 radical (unpaired) electrons. The Morgan fingerprint density at radius 2 is 1.77 bits per heavy atom. The second-order valence-electron chi connectivity index (χ2n) is 7.79. The van der Waals surface area contributed by atoms with Gasteiger partial charge in [-0.1, -0.05) is 56.3 Å². The number of carbonyl (C=O) groups excluding carboxylic acids is 1. The Labute approximate surface area is 181 Å². The lowest BCUT2D eigenvalue weighted by molar-refractivity contribution is -0.138. The molecule has 3 atom stereocenters. The second kappa shape index (κ2) is 10.5. The number of aliphatic carboxylic acids is 1. The molecular formula is C22H29N2O6P. The number of hydrogen-bond acceptors (Lipinski definition) is 5. The molecule has 0 saturated heterocycles. The van der Waals surface area contributed by atoms with Crippen LogP contribution >= 0.6 is 7.37 Å². The van der Waals surface area contributed by atoms with E-state index in [0.29, 0.717) is 16.8 Å². The minimum atomic E-state index is -4.15. The molecular weight excluding hydrogens is 419 g/mol. The molecule has 0 heterocycles. The molecule has 2 aromatic rings. The number of rotatable bonds is 9. The van der Waals surface area contributed by atoms with Gasteiger partial charge >= 0.3 is 12.1 Å². The normalized spacial score (nSPS) is 15.0. The first-order valence-corrected chi connectivity index (χ1v) is 11.8. The van der Waals surface area contributed by atoms with Crippen LogP contribution in [-0.2, 0) is 20.7 Å². The number of anilines is 1. The lowest BCUT2D eigenvalue weighted by atomic mass is 9.95. The summed E-state index contributed by atoms with van der Waals surface area (Å²) in [4.78, 5) is 35.0. The number of nitrogen functional groups attached to an aromatic ring is 1. The van der Waals surface area contributed by atoms with Crippen LogP contribution in [0.3, 0.4) is 0 Å². The highest BCUT2D eigenvalue weighted by Crippen LogP contribution is 2.51. The van der Waals surface area contributed by atoms with Gasteiger partial charge in [-0.2, -0.15) is 0 Å². The van der Waals surface area contributed by atoms with Crippen LogP contribution in [0, 0.1) is 12.8 Å². The predicted molar refractivity (Wildman–Crippen MR) is 119 cm³/mol. The molecule has 0 aromatic heterocycles. The summed E-state index contributed by atoms with van der Waals surface area (Å²) in [6.45, 7) is 5.02. The van der Waals surface area contributed by atoms with Crippen LogP contribution in [0.2, 0.25) is 0 Å². The van der Waals surface area contributed by atoms with Crippen molar-refractivity contribution in [3.8, 4) is 0 Å². The summed E-state index contributed by atoms with van der Waals surface area (Å²) in [6.07, 6.45) is -1.39. The van der Waals surface area contributed by atoms with E-state index in [2.05, 4.69) is 5.32 Å². The Bertz CT molecular complexity index is 964. The molecule has 0 bridgehead atoms. The van der Waals surface area contributed by atoms with Gasteiger partial charge in [0.25, 0.3) is 0 Å². The molecule has 2 rings (SSSR count). The minimum Gasteiger partial charge on any atom is -0.481 e. The molecule has 168 valence electrons. The van der Waals surface area contributed by atoms with Gasteiger partial charge in [0.1, 0.15) is 12.4 Å². The van der Waals surface area contributed by atoms with E-state index in [1.807, 2.05) is 6.07 Å². The molecule has 8 nitrogen and oxygen atoms in total. The van der Waals surface area contributed by atoms with Gasteiger partial charge in [0, 0.05) is 11.8 Å². The van der Waals surface area contributed by atoms with Gasteiger partial charge in [-0.25, -0.2) is 4.79 Å². The van der Waals surface area contributed by atoms with Gasteiger partial charge in [-0.15, -0.1) is 0 Å². The summed E-state index contributed by atoms with van der Waals surface area (Å²) >= 11 is 0. The maximum Gasteiger partial charge on any atom is 0.408 e. The number of amides is 1. The maximum absolute atomic E-state index is 13.2. The van der Waals surface area contributed by atoms with Crippen LogP contribution in [0.25, 0.3) is 0 Å². The average Bonchev–Trinajstić information content (AvgIpc) is 2.71. The molecule has 5 N–H and O–H groups in total. The lowest BCUT2D eigenvalue weighted by Gasteiger charge is -2.29. The van der Waals surface area contributed by atoms with E-state index in [1.165, 1.54) is 0 Å². The van der Waals surface area contributed by atoms with Crippen molar-refractivity contribution in [3.05, 3.63) is 65.2 Å². The third-order valence-electron chi connectivity index (χ3n) is 5.08. The van der Waals surface area contributed by atoms with Crippen molar-refractivity contribution in [2.45, 2.75) is 39.1 Å². The predicted octanol–water partition coefficient (Wildman–Crippen LogP) is 3.92. The number of carboxylic acid groups (broad SMARTS) is 1. The Hall–Kier alpha value is -2.83. The number of alkyl carbamates (subject to hydrolysis) is 1. The summed E-state index contributed by atoms with van der Waals surface area (Å²) < 4.78 is 18.4. The molecule has 0 fully saturated rings. The third-order valence-corrected chi connectivity index (χ3v) is 7.56. The molecule has 0 spiro atoms. The van der Waals surface area contributed by atoms with Gasteiger partial charge in [-0.3, -0.25) is 9.36 Å². The zero-order chi connectivity index (χ0) is 23.2. The number of carboxylic acids is 1. The summed E-state index contributed by atoms with van der Waals surface area (Å²) in [6, 6.07) is 13.8. The van der Waals surface area contributed by atoms with E-state index in [1.54, 1.807) is 63.2 Å². The number of hydrogen-bond donors (Lipinski definition) is 4. The van der Waals surface area contributed by atoms with E-state index < -0.39 is 43.2 Å². The van der Waals surface area contributed by atoms with Crippen LogP contribution in [0.15, 0.2) is 48.5 Å². The Morgan fingerprint density at radius 3 is 2.35 bits per heavy atom. The fourth-order valence-electron chi connectivity index (χ4n) is 3.35. The SMILES string of the molecule is Cc1c(N)cccc1C(CP(=O)(O)C(NC(=O)OCc1ccccc1)C(C)C)C(=O)O. The highest BCUT2D eigenvalue weighted by atomic mass is 31.2. The highest BCUT2D eigenvalue weighted by molar-refractivity contribution is 7.58.